The van der Waals surface area contributed by atoms with E-state index >= 15 is 0 Å². The van der Waals surface area contributed by atoms with Crippen LogP contribution in [-0.4, -0.2) is 42.8 Å². The van der Waals surface area contributed by atoms with Crippen molar-refractivity contribution < 1.29 is 13.2 Å². The van der Waals surface area contributed by atoms with E-state index in [0.29, 0.717) is 6.42 Å². The van der Waals surface area contributed by atoms with E-state index < -0.39 is 9.84 Å². The lowest BCUT2D eigenvalue weighted by Crippen LogP contribution is -2.46. The van der Waals surface area contributed by atoms with E-state index in [9.17, 15) is 13.2 Å². The number of rotatable bonds is 4. The van der Waals surface area contributed by atoms with Gasteiger partial charge in [-0.2, -0.15) is 0 Å². The van der Waals surface area contributed by atoms with E-state index in [1.807, 2.05) is 23.1 Å². The van der Waals surface area contributed by atoms with Crippen LogP contribution in [0, 0.1) is 0 Å². The third-order valence-corrected chi connectivity index (χ3v) is 7.90. The maximum atomic E-state index is 12.7. The molecule has 0 aromatic carbocycles. The number of carbonyl (C=O) groups is 1. The largest absolute Gasteiger partial charge is 0.332 e. The third-order valence-electron chi connectivity index (χ3n) is 4.56. The van der Waals surface area contributed by atoms with Crippen molar-refractivity contribution in [3.63, 3.8) is 0 Å². The van der Waals surface area contributed by atoms with Crippen molar-refractivity contribution in [3.05, 3.63) is 26.9 Å². The quantitative estimate of drug-likeness (QED) is 0.704. The van der Waals surface area contributed by atoms with Crippen LogP contribution >= 0.6 is 27.3 Å². The third kappa shape index (κ3) is 4.25. The molecule has 2 fully saturated rings. The molecule has 126 valence electrons. The lowest BCUT2D eigenvalue weighted by atomic mass is 10.1. The normalized spacial score (nSPS) is 24.5. The highest BCUT2D eigenvalue weighted by atomic mass is 79.9. The molecule has 0 N–H and O–H groups in total. The monoisotopic (exact) mass is 417 g/mol. The minimum Gasteiger partial charge on any atom is -0.332 e. The van der Waals surface area contributed by atoms with Crippen LogP contribution in [0.25, 0.3) is 6.08 Å². The molecule has 2 aliphatic rings. The van der Waals surface area contributed by atoms with Gasteiger partial charge in [0, 0.05) is 23.0 Å². The highest BCUT2D eigenvalue weighted by Gasteiger charge is 2.38. The van der Waals surface area contributed by atoms with Gasteiger partial charge in [0.15, 0.2) is 9.84 Å². The molecule has 1 aromatic heterocycles. The van der Waals surface area contributed by atoms with Crippen molar-refractivity contribution in [2.45, 2.75) is 44.2 Å². The zero-order valence-electron chi connectivity index (χ0n) is 12.8. The molecule has 0 radical (unpaired) electrons. The molecule has 1 saturated heterocycles. The van der Waals surface area contributed by atoms with Crippen molar-refractivity contribution in [3.8, 4) is 0 Å². The zero-order valence-corrected chi connectivity index (χ0v) is 16.0. The fourth-order valence-electron chi connectivity index (χ4n) is 3.49. The fourth-order valence-corrected chi connectivity index (χ4v) is 6.53. The molecule has 1 atom stereocenters. The summed E-state index contributed by atoms with van der Waals surface area (Å²) in [6.07, 6.45) is 8.21. The molecule has 4 nitrogen and oxygen atoms in total. The van der Waals surface area contributed by atoms with Gasteiger partial charge in [0.25, 0.3) is 0 Å². The average Bonchev–Trinajstić information content (AvgIpc) is 3.20. The Bertz CT molecular complexity index is 705. The SMILES string of the molecule is O=C(C=Cc1ccc(Br)s1)N(C1CCCC1)C1CCS(=O)(=O)C1. The molecular weight excluding hydrogens is 398 g/mol. The maximum absolute atomic E-state index is 12.7. The molecule has 2 heterocycles. The van der Waals surface area contributed by atoms with Crippen LogP contribution in [0.3, 0.4) is 0 Å². The van der Waals surface area contributed by atoms with Crippen molar-refractivity contribution >= 4 is 49.1 Å². The van der Waals surface area contributed by atoms with Crippen molar-refractivity contribution in [2.75, 3.05) is 11.5 Å². The molecule has 3 rings (SSSR count). The Kier molecular flexibility index (Phi) is 5.28. The summed E-state index contributed by atoms with van der Waals surface area (Å²) in [5, 5.41) is 0. The predicted octanol–water partition coefficient (Wildman–Crippen LogP) is 3.48. The fraction of sp³-hybridized carbons (Fsp3) is 0.562. The first-order valence-corrected chi connectivity index (χ1v) is 11.3. The van der Waals surface area contributed by atoms with Crippen LogP contribution < -0.4 is 0 Å². The van der Waals surface area contributed by atoms with Crippen molar-refractivity contribution in [1.29, 1.82) is 0 Å². The van der Waals surface area contributed by atoms with Gasteiger partial charge in [0.05, 0.1) is 15.3 Å². The first-order chi connectivity index (χ1) is 10.9. The standard InChI is InChI=1S/C16H20BrNO3S2/c17-15-7-5-14(22-15)6-8-16(19)18(12-3-1-2-4-12)13-9-10-23(20,21)11-13/h5-8,12-13H,1-4,9-11H2. The summed E-state index contributed by atoms with van der Waals surface area (Å²) in [6, 6.07) is 3.95. The average molecular weight is 418 g/mol. The van der Waals surface area contributed by atoms with Gasteiger partial charge in [0.2, 0.25) is 5.91 Å². The van der Waals surface area contributed by atoms with Gasteiger partial charge in [-0.05, 0) is 53.4 Å². The molecule has 1 saturated carbocycles. The molecule has 1 aliphatic heterocycles. The molecule has 7 heteroatoms. The van der Waals surface area contributed by atoms with Crippen LogP contribution in [0.2, 0.25) is 0 Å². The van der Waals surface area contributed by atoms with Crippen molar-refractivity contribution in [1.82, 2.24) is 4.90 Å². The molecule has 1 aliphatic carbocycles. The number of thiophene rings is 1. The van der Waals surface area contributed by atoms with Crippen molar-refractivity contribution in [2.24, 2.45) is 0 Å². The lowest BCUT2D eigenvalue weighted by Gasteiger charge is -2.33. The Labute approximate surface area is 149 Å². The first-order valence-electron chi connectivity index (χ1n) is 7.91. The van der Waals surface area contributed by atoms with Crippen LogP contribution in [0.5, 0.6) is 0 Å². The molecule has 1 unspecified atom stereocenters. The lowest BCUT2D eigenvalue weighted by molar-refractivity contribution is -0.130. The predicted molar refractivity (Wildman–Crippen MR) is 97.2 cm³/mol. The number of hydrogen-bond donors (Lipinski definition) is 0. The summed E-state index contributed by atoms with van der Waals surface area (Å²) in [7, 11) is -2.99. The van der Waals surface area contributed by atoms with E-state index in [2.05, 4.69) is 15.9 Å². The van der Waals surface area contributed by atoms with Crippen LogP contribution in [0.1, 0.15) is 37.0 Å². The Hall–Kier alpha value is -0.660. The summed E-state index contributed by atoms with van der Waals surface area (Å²) in [5.74, 6) is 0.271. The second-order valence-electron chi connectivity index (χ2n) is 6.22. The number of nitrogens with zero attached hydrogens (tertiary/aromatic N) is 1. The summed E-state index contributed by atoms with van der Waals surface area (Å²) < 4.78 is 24.6. The van der Waals surface area contributed by atoms with Gasteiger partial charge in [-0.1, -0.05) is 12.8 Å². The molecule has 1 amide bonds. The number of hydrogen-bond acceptors (Lipinski definition) is 4. The van der Waals surface area contributed by atoms with E-state index in [-0.39, 0.29) is 29.5 Å². The Morgan fingerprint density at radius 3 is 2.52 bits per heavy atom. The van der Waals surface area contributed by atoms with E-state index in [4.69, 9.17) is 0 Å². The summed E-state index contributed by atoms with van der Waals surface area (Å²) in [4.78, 5) is 15.6. The first kappa shape index (κ1) is 17.2. The summed E-state index contributed by atoms with van der Waals surface area (Å²) in [5.41, 5.74) is 0. The van der Waals surface area contributed by atoms with Gasteiger partial charge in [-0.25, -0.2) is 8.42 Å². The topological polar surface area (TPSA) is 54.5 Å². The minimum atomic E-state index is -2.99. The smallest absolute Gasteiger partial charge is 0.247 e. The second kappa shape index (κ2) is 7.07. The Morgan fingerprint density at radius 1 is 1.22 bits per heavy atom. The second-order valence-corrected chi connectivity index (χ2v) is 10.9. The molecule has 0 bridgehead atoms. The van der Waals surface area contributed by atoms with Gasteiger partial charge >= 0.3 is 0 Å². The van der Waals surface area contributed by atoms with Gasteiger partial charge in [-0.3, -0.25) is 4.79 Å². The van der Waals surface area contributed by atoms with Gasteiger partial charge < -0.3 is 4.90 Å². The van der Waals surface area contributed by atoms with E-state index in [1.165, 1.54) is 0 Å². The number of amides is 1. The maximum Gasteiger partial charge on any atom is 0.247 e. The molecule has 23 heavy (non-hydrogen) atoms. The van der Waals surface area contributed by atoms with Crippen LogP contribution in [-0.2, 0) is 14.6 Å². The summed E-state index contributed by atoms with van der Waals surface area (Å²) in [6.45, 7) is 0. The highest BCUT2D eigenvalue weighted by Crippen LogP contribution is 2.30. The molecule has 0 spiro atoms. The van der Waals surface area contributed by atoms with E-state index in [1.54, 1.807) is 17.4 Å². The Balaban J connectivity index is 1.77. The minimum absolute atomic E-state index is 0.0523. The highest BCUT2D eigenvalue weighted by molar-refractivity contribution is 9.11. The number of halogens is 1. The molecular formula is C16H20BrNO3S2. The number of carbonyl (C=O) groups excluding carboxylic acids is 1. The van der Waals surface area contributed by atoms with E-state index in [0.717, 1.165) is 34.3 Å². The van der Waals surface area contributed by atoms with Gasteiger partial charge in [0.1, 0.15) is 0 Å². The van der Waals surface area contributed by atoms with Gasteiger partial charge in [-0.15, -0.1) is 11.3 Å². The van der Waals surface area contributed by atoms with Crippen LogP contribution in [0.15, 0.2) is 22.0 Å². The number of sulfone groups is 1. The van der Waals surface area contributed by atoms with Crippen LogP contribution in [0.4, 0.5) is 0 Å². The zero-order chi connectivity index (χ0) is 16.4. The Morgan fingerprint density at radius 2 is 1.96 bits per heavy atom. The molecule has 1 aromatic rings. The summed E-state index contributed by atoms with van der Waals surface area (Å²) >= 11 is 4.98.